The average molecular weight is 694 g/mol. The van der Waals surface area contributed by atoms with Gasteiger partial charge in [-0.1, -0.05) is 0 Å². The van der Waals surface area contributed by atoms with Crippen LogP contribution in [0.15, 0.2) is 0 Å². The van der Waals surface area contributed by atoms with Gasteiger partial charge in [0.05, 0.1) is 25.4 Å². The van der Waals surface area contributed by atoms with Crippen LogP contribution in [0.5, 0.6) is 0 Å². The number of hydrogen-bond donors (Lipinski definition) is 2. The number of hydrogen-bond acceptors (Lipinski definition) is 14. The van der Waals surface area contributed by atoms with E-state index >= 15 is 0 Å². The first-order chi connectivity index (χ1) is 21.1. The zero-order valence-electron chi connectivity index (χ0n) is 28.8. The molecule has 2 atom stereocenters. The van der Waals surface area contributed by atoms with Crippen LogP contribution in [0.25, 0.3) is 0 Å². The minimum atomic E-state index is -2.81. The Labute approximate surface area is 269 Å². The van der Waals surface area contributed by atoms with E-state index in [-0.39, 0.29) is 13.2 Å². The minimum absolute atomic E-state index is 0.157. The molecule has 0 aliphatic heterocycles. The maximum absolute atomic E-state index is 10.8. The molecule has 0 saturated heterocycles. The van der Waals surface area contributed by atoms with Crippen LogP contribution in [-0.4, -0.2) is 162 Å². The molecule has 0 aliphatic rings. The lowest BCUT2D eigenvalue weighted by Crippen LogP contribution is -2.47. The third kappa shape index (κ3) is 17.9. The van der Waals surface area contributed by atoms with Crippen molar-refractivity contribution in [1.29, 1.82) is 0 Å². The Morgan fingerprint density at radius 1 is 0.523 bits per heavy atom. The molecule has 0 rings (SSSR count). The fourth-order valence-electron chi connectivity index (χ4n) is 4.81. The topological polar surface area (TPSA) is 145 Å². The van der Waals surface area contributed by atoms with Crippen LogP contribution in [0, 0.1) is 0 Å². The van der Waals surface area contributed by atoms with E-state index in [0.29, 0.717) is 90.1 Å². The fourth-order valence-corrected chi connectivity index (χ4v) is 10.8. The molecule has 2 unspecified atom stereocenters. The number of aliphatic hydroxyl groups is 2. The van der Waals surface area contributed by atoms with Crippen molar-refractivity contribution in [3.05, 3.63) is 0 Å². The minimum Gasteiger partial charge on any atom is -0.389 e. The highest BCUT2D eigenvalue weighted by atomic mass is 28.4. The summed E-state index contributed by atoms with van der Waals surface area (Å²) in [7, 11) is 1.37. The summed E-state index contributed by atoms with van der Waals surface area (Å²) in [6, 6.07) is 1.86. The van der Waals surface area contributed by atoms with Crippen LogP contribution in [0.3, 0.4) is 0 Å². The Balaban J connectivity index is 5.04. The van der Waals surface area contributed by atoms with Crippen molar-refractivity contribution < 1.29 is 59.5 Å². The van der Waals surface area contributed by atoms with Gasteiger partial charge >= 0.3 is 26.4 Å². The predicted octanol–water partition coefficient (Wildman–Crippen LogP) is 2.02. The van der Waals surface area contributed by atoms with Crippen LogP contribution in [0.4, 0.5) is 0 Å². The van der Waals surface area contributed by atoms with Gasteiger partial charge in [-0.25, -0.2) is 0 Å². The molecule has 0 aromatic heterocycles. The van der Waals surface area contributed by atoms with E-state index in [9.17, 15) is 10.2 Å². The largest absolute Gasteiger partial charge is 0.500 e. The van der Waals surface area contributed by atoms with E-state index in [1.54, 1.807) is 42.7 Å². The summed E-state index contributed by atoms with van der Waals surface area (Å²) in [5.74, 6) is 0. The monoisotopic (exact) mass is 693 g/mol. The molecule has 0 aromatic carbocycles. The highest BCUT2D eigenvalue weighted by molar-refractivity contribution is 6.61. The number of nitrogens with zero attached hydrogens (tertiary/aromatic N) is 1. The SMILES string of the molecule is CCO[Si](CCCN(CC(O)COCCC[Si](OC)(OC)OC)CC(O)COCCC[Si](OC)(OC)OC)(OCC)OCC. The van der Waals surface area contributed by atoms with Gasteiger partial charge in [0, 0.05) is 107 Å². The smallest absolute Gasteiger partial charge is 0.389 e. The third-order valence-corrected chi connectivity index (χ3v) is 15.8. The van der Waals surface area contributed by atoms with Crippen molar-refractivity contribution >= 4 is 26.4 Å². The first-order valence-corrected chi connectivity index (χ1v) is 21.4. The molecule has 0 saturated carbocycles. The standard InChI is InChI=1S/C27H63NO13Si3/c1-10-39-44(40-11-2,41-12-3)19-13-16-28(22-26(29)24-37-17-14-20-42(31-4,32-5)33-6)23-27(30)25-38-18-15-21-43(34-7,35-8)36-9/h26-27,29-30H,10-25H2,1-9H3. The van der Waals surface area contributed by atoms with Crippen molar-refractivity contribution in [3.63, 3.8) is 0 Å². The molecule has 266 valence electrons. The Kier molecular flexibility index (Phi) is 26.1. The van der Waals surface area contributed by atoms with E-state index in [2.05, 4.69) is 0 Å². The van der Waals surface area contributed by atoms with Crippen molar-refractivity contribution in [2.75, 3.05) is 109 Å². The zero-order chi connectivity index (χ0) is 33.3. The summed E-state index contributed by atoms with van der Waals surface area (Å²) in [4.78, 5) is 2.02. The van der Waals surface area contributed by atoms with Gasteiger partial charge < -0.3 is 59.5 Å². The number of aliphatic hydroxyl groups excluding tert-OH is 2. The highest BCUT2D eigenvalue weighted by Gasteiger charge is 2.40. The molecule has 0 bridgehead atoms. The molecule has 0 radical (unpaired) electrons. The maximum atomic E-state index is 10.8. The quantitative estimate of drug-likeness (QED) is 0.0783. The Bertz CT molecular complexity index is 595. The molecule has 2 N–H and O–H groups in total. The molecule has 44 heavy (non-hydrogen) atoms. The Morgan fingerprint density at radius 2 is 0.864 bits per heavy atom. The first kappa shape index (κ1) is 44.1. The molecule has 0 amide bonds. The molecule has 14 nitrogen and oxygen atoms in total. The van der Waals surface area contributed by atoms with Gasteiger partial charge in [-0.05, 0) is 46.6 Å². The van der Waals surface area contributed by atoms with Crippen molar-refractivity contribution in [1.82, 2.24) is 4.90 Å². The summed E-state index contributed by atoms with van der Waals surface area (Å²) in [5.41, 5.74) is 0. The first-order valence-electron chi connectivity index (χ1n) is 15.6. The van der Waals surface area contributed by atoms with Gasteiger partial charge in [0.1, 0.15) is 0 Å². The lowest BCUT2D eigenvalue weighted by atomic mass is 10.2. The van der Waals surface area contributed by atoms with E-state index in [1.807, 2.05) is 25.7 Å². The van der Waals surface area contributed by atoms with E-state index in [4.69, 9.17) is 49.3 Å². The summed E-state index contributed by atoms with van der Waals surface area (Å²) in [6.45, 7) is 9.74. The Morgan fingerprint density at radius 3 is 1.18 bits per heavy atom. The average Bonchev–Trinajstić information content (AvgIpc) is 3.01. The predicted molar refractivity (Wildman–Crippen MR) is 173 cm³/mol. The Hall–Kier alpha value is 0.0906. The van der Waals surface area contributed by atoms with Gasteiger partial charge in [0.2, 0.25) is 0 Å². The van der Waals surface area contributed by atoms with Crippen molar-refractivity contribution in [2.45, 2.75) is 70.4 Å². The summed E-state index contributed by atoms with van der Waals surface area (Å²) in [6.07, 6.45) is 0.565. The van der Waals surface area contributed by atoms with Gasteiger partial charge in [-0.3, -0.25) is 4.90 Å². The summed E-state index contributed by atoms with van der Waals surface area (Å²) < 4.78 is 62.1. The number of rotatable bonds is 32. The molecule has 0 aliphatic carbocycles. The van der Waals surface area contributed by atoms with Crippen LogP contribution < -0.4 is 0 Å². The fraction of sp³-hybridized carbons (Fsp3) is 1.00. The normalized spacial score (nSPS) is 14.5. The second-order valence-electron chi connectivity index (χ2n) is 10.1. The molecule has 0 spiro atoms. The van der Waals surface area contributed by atoms with Crippen LogP contribution in [0.2, 0.25) is 18.1 Å². The van der Waals surface area contributed by atoms with Crippen molar-refractivity contribution in [3.8, 4) is 0 Å². The lowest BCUT2D eigenvalue weighted by Gasteiger charge is -2.31. The second-order valence-corrected chi connectivity index (χ2v) is 19.0. The van der Waals surface area contributed by atoms with E-state index in [1.165, 1.54) is 0 Å². The molecular weight excluding hydrogens is 631 g/mol. The number of ether oxygens (including phenoxy) is 2. The van der Waals surface area contributed by atoms with Gasteiger partial charge in [0.25, 0.3) is 0 Å². The highest BCUT2D eigenvalue weighted by Crippen LogP contribution is 2.19. The van der Waals surface area contributed by atoms with E-state index < -0.39 is 38.6 Å². The van der Waals surface area contributed by atoms with Crippen LogP contribution in [0.1, 0.15) is 40.0 Å². The molecule has 17 heteroatoms. The van der Waals surface area contributed by atoms with Crippen LogP contribution >= 0.6 is 0 Å². The third-order valence-electron chi connectivity index (χ3n) is 7.02. The van der Waals surface area contributed by atoms with Crippen LogP contribution in [-0.2, 0) is 49.3 Å². The molecule has 0 aromatic rings. The molecular formula is C27H63NO13Si3. The second kappa shape index (κ2) is 26.1. The molecule has 0 heterocycles. The van der Waals surface area contributed by atoms with Gasteiger partial charge in [-0.2, -0.15) is 0 Å². The van der Waals surface area contributed by atoms with Crippen molar-refractivity contribution in [2.24, 2.45) is 0 Å². The summed E-state index contributed by atoms with van der Waals surface area (Å²) in [5, 5.41) is 21.6. The lowest BCUT2D eigenvalue weighted by molar-refractivity contribution is -0.0110. The maximum Gasteiger partial charge on any atom is 0.500 e. The summed E-state index contributed by atoms with van der Waals surface area (Å²) >= 11 is 0. The zero-order valence-corrected chi connectivity index (χ0v) is 31.8. The van der Waals surface area contributed by atoms with E-state index in [0.717, 1.165) is 0 Å². The molecule has 0 fully saturated rings. The van der Waals surface area contributed by atoms with Gasteiger partial charge in [-0.15, -0.1) is 0 Å². The van der Waals surface area contributed by atoms with Gasteiger partial charge in [0.15, 0.2) is 0 Å².